The van der Waals surface area contributed by atoms with Gasteiger partial charge in [-0.1, -0.05) is 30.8 Å². The Kier molecular flexibility index (Phi) is 6.31. The molecule has 0 bridgehead atoms. The van der Waals surface area contributed by atoms with Gasteiger partial charge < -0.3 is 14.7 Å². The van der Waals surface area contributed by atoms with E-state index in [-0.39, 0.29) is 36.1 Å². The van der Waals surface area contributed by atoms with Crippen LogP contribution in [0.15, 0.2) is 10.6 Å². The summed E-state index contributed by atoms with van der Waals surface area (Å²) in [5.74, 6) is 1.04. The molecule has 9 heteroatoms. The fraction of sp³-hybridized carbons (Fsp3) is 0.727. The second-order valence-corrected chi connectivity index (χ2v) is 9.74. The molecule has 2 N–H and O–H groups in total. The molecule has 170 valence electrons. The second-order valence-electron chi connectivity index (χ2n) is 9.74. The number of nitrogens with zero attached hydrogens (tertiary/aromatic N) is 3. The summed E-state index contributed by atoms with van der Waals surface area (Å²) in [6.45, 7) is 2.48. The van der Waals surface area contributed by atoms with Crippen molar-refractivity contribution in [1.82, 2.24) is 15.1 Å². The van der Waals surface area contributed by atoms with Gasteiger partial charge in [-0.25, -0.2) is 5.06 Å². The molecule has 1 aromatic heterocycles. The Morgan fingerprint density at radius 3 is 2.77 bits per heavy atom. The van der Waals surface area contributed by atoms with Crippen LogP contribution >= 0.6 is 0 Å². The molecule has 1 aliphatic heterocycles. The van der Waals surface area contributed by atoms with Crippen molar-refractivity contribution in [2.24, 2.45) is 17.3 Å². The van der Waals surface area contributed by atoms with Crippen LogP contribution in [-0.4, -0.2) is 57.7 Å². The third-order valence-corrected chi connectivity index (χ3v) is 7.14. The maximum Gasteiger partial charge on any atom is 0.248 e. The number of hydroxylamine groups is 2. The smallest absolute Gasteiger partial charge is 0.248 e. The van der Waals surface area contributed by atoms with E-state index in [2.05, 4.69) is 10.5 Å². The quantitative estimate of drug-likeness (QED) is 0.352. The van der Waals surface area contributed by atoms with Crippen LogP contribution in [0.2, 0.25) is 0 Å². The van der Waals surface area contributed by atoms with Gasteiger partial charge in [-0.2, -0.15) is 0 Å². The van der Waals surface area contributed by atoms with Gasteiger partial charge in [0.15, 0.2) is 5.82 Å². The number of rotatable bonds is 9. The fourth-order valence-electron chi connectivity index (χ4n) is 5.34. The summed E-state index contributed by atoms with van der Waals surface area (Å²) >= 11 is 0. The van der Waals surface area contributed by atoms with Crippen LogP contribution in [0.1, 0.15) is 63.5 Å². The normalized spacial score (nSPS) is 23.2. The van der Waals surface area contributed by atoms with E-state index in [1.165, 1.54) is 12.8 Å². The SMILES string of the molecule is Cc1cc(NC(=O)[C@@H]2CC3(CC3)CN2C(=O)C[C@@H](CC2CCCC2)CN(O)C=O)no1. The number of aromatic nitrogens is 1. The van der Waals surface area contributed by atoms with Crippen LogP contribution in [0.3, 0.4) is 0 Å². The summed E-state index contributed by atoms with van der Waals surface area (Å²) in [5.41, 5.74) is 0.0597. The molecule has 0 radical (unpaired) electrons. The number of likely N-dealkylation sites (tertiary alicyclic amines) is 1. The van der Waals surface area contributed by atoms with Gasteiger partial charge in [0, 0.05) is 19.0 Å². The highest BCUT2D eigenvalue weighted by Gasteiger charge is 2.55. The van der Waals surface area contributed by atoms with Gasteiger partial charge in [0.05, 0.1) is 6.54 Å². The van der Waals surface area contributed by atoms with Crippen molar-refractivity contribution in [3.8, 4) is 0 Å². The third kappa shape index (κ3) is 5.26. The fourth-order valence-corrected chi connectivity index (χ4v) is 5.34. The number of anilines is 1. The number of nitrogens with one attached hydrogen (secondary N) is 1. The van der Waals surface area contributed by atoms with Gasteiger partial charge in [0.25, 0.3) is 0 Å². The topological polar surface area (TPSA) is 116 Å². The highest BCUT2D eigenvalue weighted by molar-refractivity contribution is 5.97. The largest absolute Gasteiger partial charge is 0.360 e. The zero-order chi connectivity index (χ0) is 22.0. The van der Waals surface area contributed by atoms with Gasteiger partial charge >= 0.3 is 0 Å². The third-order valence-electron chi connectivity index (χ3n) is 7.14. The minimum absolute atomic E-state index is 0.0597. The van der Waals surface area contributed by atoms with Crippen molar-refractivity contribution in [3.63, 3.8) is 0 Å². The van der Waals surface area contributed by atoms with Gasteiger partial charge in [0.1, 0.15) is 11.8 Å². The van der Waals surface area contributed by atoms with E-state index in [9.17, 15) is 19.6 Å². The van der Waals surface area contributed by atoms with Crippen molar-refractivity contribution in [1.29, 1.82) is 0 Å². The average molecular weight is 433 g/mol. The zero-order valence-corrected chi connectivity index (χ0v) is 18.1. The molecular formula is C22H32N4O5. The van der Waals surface area contributed by atoms with Crippen LogP contribution in [0.4, 0.5) is 5.82 Å². The van der Waals surface area contributed by atoms with Crippen molar-refractivity contribution < 1.29 is 24.1 Å². The number of hydrogen-bond acceptors (Lipinski definition) is 6. The van der Waals surface area contributed by atoms with Gasteiger partial charge in [-0.15, -0.1) is 0 Å². The number of carbonyl (C=O) groups is 3. The first-order valence-corrected chi connectivity index (χ1v) is 11.3. The predicted octanol–water partition coefficient (Wildman–Crippen LogP) is 2.74. The molecule has 31 heavy (non-hydrogen) atoms. The first-order chi connectivity index (χ1) is 14.9. The Hall–Kier alpha value is -2.42. The minimum atomic E-state index is -0.532. The maximum absolute atomic E-state index is 13.3. The molecule has 1 spiro atoms. The zero-order valence-electron chi connectivity index (χ0n) is 18.1. The summed E-state index contributed by atoms with van der Waals surface area (Å²) < 4.78 is 5.02. The van der Waals surface area contributed by atoms with E-state index in [0.29, 0.717) is 41.9 Å². The first kappa shape index (κ1) is 21.8. The highest BCUT2D eigenvalue weighted by Crippen LogP contribution is 2.55. The number of hydrogen-bond donors (Lipinski definition) is 2. The minimum Gasteiger partial charge on any atom is -0.360 e. The number of amides is 3. The maximum atomic E-state index is 13.3. The Morgan fingerprint density at radius 2 is 2.16 bits per heavy atom. The van der Waals surface area contributed by atoms with Crippen molar-refractivity contribution in [3.05, 3.63) is 11.8 Å². The average Bonchev–Trinajstić information content (AvgIpc) is 3.07. The van der Waals surface area contributed by atoms with Crippen molar-refractivity contribution in [2.75, 3.05) is 18.4 Å². The Labute approximate surface area is 182 Å². The molecule has 3 amide bonds. The summed E-state index contributed by atoms with van der Waals surface area (Å²) in [6, 6.07) is 1.12. The van der Waals surface area contributed by atoms with Crippen LogP contribution < -0.4 is 5.32 Å². The van der Waals surface area contributed by atoms with Crippen molar-refractivity contribution in [2.45, 2.75) is 70.8 Å². The summed E-state index contributed by atoms with van der Waals surface area (Å²) in [4.78, 5) is 38.9. The van der Waals surface area contributed by atoms with Gasteiger partial charge in [0.2, 0.25) is 18.2 Å². The highest BCUT2D eigenvalue weighted by atomic mass is 16.5. The van der Waals surface area contributed by atoms with E-state index in [4.69, 9.17) is 4.52 Å². The summed E-state index contributed by atoms with van der Waals surface area (Å²) in [7, 11) is 0. The van der Waals surface area contributed by atoms with Gasteiger partial charge in [-0.05, 0) is 49.9 Å². The van der Waals surface area contributed by atoms with Crippen LogP contribution in [-0.2, 0) is 14.4 Å². The molecule has 2 aliphatic carbocycles. The Bertz CT molecular complexity index is 815. The molecule has 3 fully saturated rings. The molecule has 3 aliphatic rings. The molecule has 2 saturated carbocycles. The van der Waals surface area contributed by atoms with Crippen LogP contribution in [0, 0.1) is 24.2 Å². The number of carbonyl (C=O) groups excluding carboxylic acids is 3. The standard InChI is InChI=1S/C22H32N4O5/c1-15-8-19(24-31-15)23-21(29)18-11-22(6-7-22)13-26(18)20(28)10-17(12-25(30)14-27)9-16-4-2-3-5-16/h8,14,16-18,30H,2-7,9-13H2,1H3,(H,23,24,29)/t17-,18+/m1/s1. The van der Waals surface area contributed by atoms with Crippen LogP contribution in [0.5, 0.6) is 0 Å². The van der Waals surface area contributed by atoms with Gasteiger partial charge in [-0.3, -0.25) is 19.6 Å². The van der Waals surface area contributed by atoms with E-state index in [1.54, 1.807) is 17.9 Å². The molecule has 2 heterocycles. The molecule has 4 rings (SSSR count). The lowest BCUT2D eigenvalue weighted by atomic mass is 9.90. The van der Waals surface area contributed by atoms with E-state index < -0.39 is 6.04 Å². The molecule has 9 nitrogen and oxygen atoms in total. The lowest BCUT2D eigenvalue weighted by molar-refractivity contribution is -0.154. The monoisotopic (exact) mass is 432 g/mol. The number of aryl methyl sites for hydroxylation is 1. The Morgan fingerprint density at radius 1 is 1.42 bits per heavy atom. The Balaban J connectivity index is 1.43. The predicted molar refractivity (Wildman–Crippen MR) is 111 cm³/mol. The molecule has 1 aromatic rings. The lowest BCUT2D eigenvalue weighted by Gasteiger charge is -2.28. The molecule has 2 atom stereocenters. The summed E-state index contributed by atoms with van der Waals surface area (Å²) in [5, 5.41) is 17.0. The molecule has 1 saturated heterocycles. The van der Waals surface area contributed by atoms with Crippen LogP contribution in [0.25, 0.3) is 0 Å². The van der Waals surface area contributed by atoms with E-state index in [0.717, 1.165) is 32.1 Å². The molecule has 0 unspecified atom stereocenters. The first-order valence-electron chi connectivity index (χ1n) is 11.3. The van der Waals surface area contributed by atoms with E-state index in [1.807, 2.05) is 0 Å². The lowest BCUT2D eigenvalue weighted by Crippen LogP contribution is -2.44. The molecular weight excluding hydrogens is 400 g/mol. The second kappa shape index (κ2) is 8.98. The van der Waals surface area contributed by atoms with Crippen molar-refractivity contribution >= 4 is 24.0 Å². The summed E-state index contributed by atoms with van der Waals surface area (Å²) in [6.07, 6.45) is 8.80. The van der Waals surface area contributed by atoms with E-state index >= 15 is 0 Å². The molecule has 0 aromatic carbocycles.